The zero-order valence-corrected chi connectivity index (χ0v) is 8.75. The Kier molecular flexibility index (Phi) is 4.90. The van der Waals surface area contributed by atoms with E-state index in [4.69, 9.17) is 0 Å². The van der Waals surface area contributed by atoms with Crippen molar-refractivity contribution in [2.24, 2.45) is 5.92 Å². The van der Waals surface area contributed by atoms with Gasteiger partial charge in [0, 0.05) is 12.5 Å². The first-order valence-electron chi connectivity index (χ1n) is 5.40. The van der Waals surface area contributed by atoms with Gasteiger partial charge in [-0.3, -0.25) is 4.79 Å². The van der Waals surface area contributed by atoms with Crippen LogP contribution >= 0.6 is 0 Å². The SMILES string of the molecule is CCC(O)CNC(=O)C1CCNCC1. The number of carbonyl (C=O) groups is 1. The van der Waals surface area contributed by atoms with Crippen LogP contribution in [-0.2, 0) is 4.79 Å². The minimum atomic E-state index is -0.402. The van der Waals surface area contributed by atoms with Crippen LogP contribution in [-0.4, -0.2) is 36.8 Å². The van der Waals surface area contributed by atoms with E-state index in [1.807, 2.05) is 6.92 Å². The van der Waals surface area contributed by atoms with Crippen LogP contribution in [0.3, 0.4) is 0 Å². The van der Waals surface area contributed by atoms with Gasteiger partial charge in [-0.15, -0.1) is 0 Å². The normalized spacial score (nSPS) is 20.4. The van der Waals surface area contributed by atoms with Crippen LogP contribution in [0.5, 0.6) is 0 Å². The summed E-state index contributed by atoms with van der Waals surface area (Å²) in [6.45, 7) is 4.14. The minimum Gasteiger partial charge on any atom is -0.391 e. The number of amides is 1. The minimum absolute atomic E-state index is 0.0963. The summed E-state index contributed by atoms with van der Waals surface area (Å²) >= 11 is 0. The van der Waals surface area contributed by atoms with Gasteiger partial charge >= 0.3 is 0 Å². The van der Waals surface area contributed by atoms with Crippen molar-refractivity contribution in [2.75, 3.05) is 19.6 Å². The lowest BCUT2D eigenvalue weighted by molar-refractivity contribution is -0.126. The predicted molar refractivity (Wildman–Crippen MR) is 54.9 cm³/mol. The number of carbonyl (C=O) groups excluding carboxylic acids is 1. The number of aliphatic hydroxyl groups excluding tert-OH is 1. The third kappa shape index (κ3) is 3.64. The fourth-order valence-electron chi connectivity index (χ4n) is 1.59. The molecule has 1 saturated heterocycles. The largest absolute Gasteiger partial charge is 0.391 e. The number of aliphatic hydroxyl groups is 1. The van der Waals surface area contributed by atoms with Gasteiger partial charge in [0.1, 0.15) is 0 Å². The molecule has 0 saturated carbocycles. The lowest BCUT2D eigenvalue weighted by Crippen LogP contribution is -2.40. The highest BCUT2D eigenvalue weighted by Gasteiger charge is 2.20. The molecule has 14 heavy (non-hydrogen) atoms. The maximum Gasteiger partial charge on any atom is 0.223 e. The highest BCUT2D eigenvalue weighted by Crippen LogP contribution is 2.11. The average molecular weight is 200 g/mol. The molecule has 0 aromatic heterocycles. The Hall–Kier alpha value is -0.610. The van der Waals surface area contributed by atoms with Gasteiger partial charge in [-0.05, 0) is 32.4 Å². The summed E-state index contributed by atoms with van der Waals surface area (Å²) in [6, 6.07) is 0. The smallest absolute Gasteiger partial charge is 0.223 e. The lowest BCUT2D eigenvalue weighted by Gasteiger charge is -2.22. The third-order valence-corrected chi connectivity index (χ3v) is 2.69. The van der Waals surface area contributed by atoms with Crippen molar-refractivity contribution in [1.29, 1.82) is 0 Å². The quantitative estimate of drug-likeness (QED) is 0.592. The molecule has 4 nitrogen and oxygen atoms in total. The van der Waals surface area contributed by atoms with Crippen LogP contribution in [0.15, 0.2) is 0 Å². The highest BCUT2D eigenvalue weighted by molar-refractivity contribution is 5.78. The Morgan fingerprint density at radius 3 is 2.79 bits per heavy atom. The molecule has 0 bridgehead atoms. The Balaban J connectivity index is 2.19. The molecule has 1 aliphatic rings. The maximum absolute atomic E-state index is 11.6. The summed E-state index contributed by atoms with van der Waals surface area (Å²) in [5.74, 6) is 0.235. The maximum atomic E-state index is 11.6. The van der Waals surface area contributed by atoms with Gasteiger partial charge in [0.05, 0.1) is 6.10 Å². The molecule has 1 rings (SSSR count). The molecule has 82 valence electrons. The van der Waals surface area contributed by atoms with Gasteiger partial charge in [0.2, 0.25) is 5.91 Å². The Labute approximate surface area is 85.1 Å². The number of piperidine rings is 1. The predicted octanol–water partition coefficient (Wildman–Crippen LogP) is -0.127. The van der Waals surface area contributed by atoms with Crippen molar-refractivity contribution >= 4 is 5.91 Å². The molecular formula is C10H20N2O2. The van der Waals surface area contributed by atoms with Crippen molar-refractivity contribution in [3.63, 3.8) is 0 Å². The summed E-state index contributed by atoms with van der Waals surface area (Å²) in [7, 11) is 0. The first-order valence-corrected chi connectivity index (χ1v) is 5.40. The summed E-state index contributed by atoms with van der Waals surface area (Å²) in [6.07, 6.45) is 2.11. The third-order valence-electron chi connectivity index (χ3n) is 2.69. The van der Waals surface area contributed by atoms with Gasteiger partial charge in [-0.1, -0.05) is 6.92 Å². The van der Waals surface area contributed by atoms with E-state index in [1.54, 1.807) is 0 Å². The first-order chi connectivity index (χ1) is 6.74. The zero-order chi connectivity index (χ0) is 10.4. The highest BCUT2D eigenvalue weighted by atomic mass is 16.3. The van der Waals surface area contributed by atoms with E-state index in [-0.39, 0.29) is 11.8 Å². The van der Waals surface area contributed by atoms with Crippen molar-refractivity contribution < 1.29 is 9.90 Å². The van der Waals surface area contributed by atoms with Crippen molar-refractivity contribution in [3.05, 3.63) is 0 Å². The average Bonchev–Trinajstić information content (AvgIpc) is 2.26. The van der Waals surface area contributed by atoms with E-state index in [9.17, 15) is 9.90 Å². The molecule has 1 heterocycles. The Morgan fingerprint density at radius 1 is 1.57 bits per heavy atom. The molecule has 4 heteroatoms. The van der Waals surface area contributed by atoms with Crippen molar-refractivity contribution in [2.45, 2.75) is 32.3 Å². The molecule has 0 aromatic carbocycles. The zero-order valence-electron chi connectivity index (χ0n) is 8.75. The number of hydrogen-bond acceptors (Lipinski definition) is 3. The second-order valence-electron chi connectivity index (χ2n) is 3.83. The standard InChI is InChI=1S/C10H20N2O2/c1-2-9(13)7-12-10(14)8-3-5-11-6-4-8/h8-9,11,13H,2-7H2,1H3,(H,12,14). The van der Waals surface area contributed by atoms with E-state index < -0.39 is 6.10 Å². The summed E-state index contributed by atoms with van der Waals surface area (Å²) in [4.78, 5) is 11.6. The summed E-state index contributed by atoms with van der Waals surface area (Å²) in [5, 5.41) is 15.3. The lowest BCUT2D eigenvalue weighted by atomic mass is 9.97. The molecule has 0 aliphatic carbocycles. The molecule has 3 N–H and O–H groups in total. The molecular weight excluding hydrogens is 180 g/mol. The van der Waals surface area contributed by atoms with Crippen LogP contribution in [0, 0.1) is 5.92 Å². The van der Waals surface area contributed by atoms with Crippen molar-refractivity contribution in [1.82, 2.24) is 10.6 Å². The monoisotopic (exact) mass is 200 g/mol. The van der Waals surface area contributed by atoms with Crippen LogP contribution < -0.4 is 10.6 Å². The molecule has 0 radical (unpaired) electrons. The van der Waals surface area contributed by atoms with Gasteiger partial charge in [-0.2, -0.15) is 0 Å². The molecule has 1 aliphatic heterocycles. The van der Waals surface area contributed by atoms with E-state index >= 15 is 0 Å². The fourth-order valence-corrected chi connectivity index (χ4v) is 1.59. The van der Waals surface area contributed by atoms with Gasteiger partial charge in [0.15, 0.2) is 0 Å². The van der Waals surface area contributed by atoms with E-state index in [0.29, 0.717) is 13.0 Å². The van der Waals surface area contributed by atoms with Gasteiger partial charge < -0.3 is 15.7 Å². The topological polar surface area (TPSA) is 61.4 Å². The molecule has 0 aromatic rings. The van der Waals surface area contributed by atoms with Crippen LogP contribution in [0.2, 0.25) is 0 Å². The van der Waals surface area contributed by atoms with E-state index in [2.05, 4.69) is 10.6 Å². The Morgan fingerprint density at radius 2 is 2.21 bits per heavy atom. The van der Waals surface area contributed by atoms with Crippen LogP contribution in [0.25, 0.3) is 0 Å². The Bertz CT molecular complexity index is 179. The second kappa shape index (κ2) is 5.98. The molecule has 1 atom stereocenters. The first kappa shape index (κ1) is 11.5. The van der Waals surface area contributed by atoms with E-state index in [1.165, 1.54) is 0 Å². The molecule has 1 amide bonds. The molecule has 1 unspecified atom stereocenters. The number of rotatable bonds is 4. The van der Waals surface area contributed by atoms with Crippen LogP contribution in [0.4, 0.5) is 0 Å². The van der Waals surface area contributed by atoms with Crippen molar-refractivity contribution in [3.8, 4) is 0 Å². The van der Waals surface area contributed by atoms with Crippen LogP contribution in [0.1, 0.15) is 26.2 Å². The van der Waals surface area contributed by atoms with Gasteiger partial charge in [0.25, 0.3) is 0 Å². The number of hydrogen-bond donors (Lipinski definition) is 3. The second-order valence-corrected chi connectivity index (χ2v) is 3.83. The number of nitrogens with one attached hydrogen (secondary N) is 2. The molecule has 1 fully saturated rings. The summed E-state index contributed by atoms with van der Waals surface area (Å²) in [5.41, 5.74) is 0. The fraction of sp³-hybridized carbons (Fsp3) is 0.900. The van der Waals surface area contributed by atoms with Gasteiger partial charge in [-0.25, -0.2) is 0 Å². The molecule has 0 spiro atoms. The van der Waals surface area contributed by atoms with E-state index in [0.717, 1.165) is 25.9 Å². The summed E-state index contributed by atoms with van der Waals surface area (Å²) < 4.78 is 0.